The molecule has 1 aromatic carbocycles. The van der Waals surface area contributed by atoms with E-state index in [9.17, 15) is 17.6 Å². The van der Waals surface area contributed by atoms with Crippen LogP contribution in [0.15, 0.2) is 18.2 Å². The quantitative estimate of drug-likeness (QED) is 0.407. The highest BCUT2D eigenvalue weighted by Gasteiger charge is 2.49. The van der Waals surface area contributed by atoms with Crippen molar-refractivity contribution >= 4 is 15.9 Å². The first-order chi connectivity index (χ1) is 21.0. The van der Waals surface area contributed by atoms with E-state index in [1.807, 2.05) is 18.7 Å². The number of morpholine rings is 1. The molecule has 2 saturated carbocycles. The zero-order valence-electron chi connectivity index (χ0n) is 26.5. The van der Waals surface area contributed by atoms with E-state index in [1.165, 1.54) is 37.7 Å². The molecule has 0 spiro atoms. The van der Waals surface area contributed by atoms with E-state index >= 15 is 4.39 Å². The molecule has 1 amide bonds. The van der Waals surface area contributed by atoms with E-state index in [2.05, 4.69) is 9.80 Å². The van der Waals surface area contributed by atoms with Gasteiger partial charge in [-0.15, -0.1) is 0 Å². The second-order valence-electron chi connectivity index (χ2n) is 14.3. The highest BCUT2D eigenvalue weighted by molar-refractivity contribution is 7.88. The number of piperazine rings is 1. The van der Waals surface area contributed by atoms with Gasteiger partial charge in [0.15, 0.2) is 0 Å². The van der Waals surface area contributed by atoms with Crippen molar-refractivity contribution in [1.29, 1.82) is 0 Å². The third-order valence-corrected chi connectivity index (χ3v) is 12.7. The predicted molar refractivity (Wildman–Crippen MR) is 166 cm³/mol. The summed E-state index contributed by atoms with van der Waals surface area (Å²) in [6.45, 7) is 8.46. The van der Waals surface area contributed by atoms with Crippen molar-refractivity contribution in [3.63, 3.8) is 0 Å². The van der Waals surface area contributed by atoms with Gasteiger partial charge in [0.05, 0.1) is 19.0 Å². The molecule has 6 atom stereocenters. The third kappa shape index (κ3) is 6.73. The van der Waals surface area contributed by atoms with Crippen LogP contribution < -0.4 is 0 Å². The summed E-state index contributed by atoms with van der Waals surface area (Å²) in [5, 5.41) is 0. The van der Waals surface area contributed by atoms with Gasteiger partial charge in [-0.25, -0.2) is 17.2 Å². The molecule has 44 heavy (non-hydrogen) atoms. The standard InChI is InChI=1S/C33H50F2N4O4S/c1-22(2)39(44(3,41)42)20-32(23-7-5-4-6-8-23)36-11-13-37(14-12-36)33(40)30-18-25(38-19-27-16-26(38)21-43-27)17-29(30)28-10-9-24(34)15-31(28)35/h9-10,15,22-23,25-27,29-30,32H,4-8,11-14,16-21H2,1-3H3/t25?,26-,27-,29-,30+,32?/m0/s1. The molecular formula is C33H50F2N4O4S. The highest BCUT2D eigenvalue weighted by Crippen LogP contribution is 2.46. The van der Waals surface area contributed by atoms with Gasteiger partial charge in [0, 0.05) is 75.4 Å². The fraction of sp³-hybridized carbons (Fsp3) is 0.788. The van der Waals surface area contributed by atoms with E-state index in [1.54, 1.807) is 4.31 Å². The first kappa shape index (κ1) is 32.3. The van der Waals surface area contributed by atoms with E-state index < -0.39 is 21.7 Å². The van der Waals surface area contributed by atoms with Crippen LogP contribution in [0.3, 0.4) is 0 Å². The lowest BCUT2D eigenvalue weighted by molar-refractivity contribution is -0.138. The Hall–Kier alpha value is -1.66. The lowest BCUT2D eigenvalue weighted by atomic mass is 9.82. The van der Waals surface area contributed by atoms with Gasteiger partial charge in [0.25, 0.3) is 0 Å². The monoisotopic (exact) mass is 636 g/mol. The summed E-state index contributed by atoms with van der Waals surface area (Å²) in [5.74, 6) is -1.32. The van der Waals surface area contributed by atoms with E-state index in [4.69, 9.17) is 4.74 Å². The zero-order valence-corrected chi connectivity index (χ0v) is 27.4. The van der Waals surface area contributed by atoms with Crippen LogP contribution in [0.2, 0.25) is 0 Å². The zero-order chi connectivity index (χ0) is 31.2. The fourth-order valence-corrected chi connectivity index (χ4v) is 10.3. The van der Waals surface area contributed by atoms with Gasteiger partial charge in [-0.1, -0.05) is 25.3 Å². The number of likely N-dealkylation sites (tertiary alicyclic amines) is 1. The Labute approximate surface area is 262 Å². The molecule has 0 N–H and O–H groups in total. The maximum Gasteiger partial charge on any atom is 0.226 e. The smallest absolute Gasteiger partial charge is 0.226 e. The summed E-state index contributed by atoms with van der Waals surface area (Å²) in [7, 11) is -3.35. The van der Waals surface area contributed by atoms with Crippen molar-refractivity contribution in [3.8, 4) is 0 Å². The maximum absolute atomic E-state index is 15.1. The topological polar surface area (TPSA) is 73.4 Å². The third-order valence-electron chi connectivity index (χ3n) is 11.3. The largest absolute Gasteiger partial charge is 0.375 e. The van der Waals surface area contributed by atoms with Crippen LogP contribution in [0.1, 0.15) is 76.7 Å². The second-order valence-corrected chi connectivity index (χ2v) is 16.2. The molecule has 11 heteroatoms. The summed E-state index contributed by atoms with van der Waals surface area (Å²) < 4.78 is 61.9. The Morgan fingerprint density at radius 1 is 1.02 bits per heavy atom. The molecule has 2 unspecified atom stereocenters. The number of fused-ring (bicyclic) bond motifs is 2. The number of hydrogen-bond acceptors (Lipinski definition) is 6. The lowest BCUT2D eigenvalue weighted by Crippen LogP contribution is -2.58. The molecule has 0 aromatic heterocycles. The first-order valence-electron chi connectivity index (χ1n) is 16.8. The minimum Gasteiger partial charge on any atom is -0.375 e. The van der Waals surface area contributed by atoms with Gasteiger partial charge >= 0.3 is 0 Å². The first-order valence-corrected chi connectivity index (χ1v) is 18.7. The number of rotatable bonds is 9. The molecule has 2 bridgehead atoms. The molecule has 1 aromatic rings. The molecular weight excluding hydrogens is 586 g/mol. The number of sulfonamides is 1. The average Bonchev–Trinajstić information content (AvgIpc) is 3.74. The highest BCUT2D eigenvalue weighted by atomic mass is 32.2. The van der Waals surface area contributed by atoms with Gasteiger partial charge in [0.2, 0.25) is 15.9 Å². The number of carbonyl (C=O) groups excluding carboxylic acids is 1. The number of amides is 1. The van der Waals surface area contributed by atoms with Crippen molar-refractivity contribution in [3.05, 3.63) is 35.4 Å². The van der Waals surface area contributed by atoms with Crippen LogP contribution in [-0.2, 0) is 19.6 Å². The molecule has 5 fully saturated rings. The summed E-state index contributed by atoms with van der Waals surface area (Å²) >= 11 is 0. The van der Waals surface area contributed by atoms with Crippen LogP contribution >= 0.6 is 0 Å². The molecule has 5 aliphatic rings. The Balaban J connectivity index is 1.17. The molecule has 8 nitrogen and oxygen atoms in total. The number of halogens is 2. The number of hydrogen-bond donors (Lipinski definition) is 0. The van der Waals surface area contributed by atoms with E-state index in [-0.39, 0.29) is 42.0 Å². The average molecular weight is 637 g/mol. The van der Waals surface area contributed by atoms with Crippen molar-refractivity contribution in [2.45, 2.75) is 101 Å². The normalized spacial score (nSPS) is 31.4. The van der Waals surface area contributed by atoms with Gasteiger partial charge < -0.3 is 9.64 Å². The predicted octanol–water partition coefficient (Wildman–Crippen LogP) is 4.06. The molecule has 0 radical (unpaired) electrons. The fourth-order valence-electron chi connectivity index (χ4n) is 9.08. The lowest BCUT2D eigenvalue weighted by Gasteiger charge is -2.45. The van der Waals surface area contributed by atoms with Crippen LogP contribution in [0.5, 0.6) is 0 Å². The molecule has 3 aliphatic heterocycles. The van der Waals surface area contributed by atoms with Crippen LogP contribution in [0.4, 0.5) is 8.78 Å². The second kappa shape index (κ2) is 13.2. The van der Waals surface area contributed by atoms with Crippen LogP contribution in [0, 0.1) is 23.5 Å². The molecule has 6 rings (SSSR count). The molecule has 2 aliphatic carbocycles. The van der Waals surface area contributed by atoms with Crippen LogP contribution in [-0.4, -0.2) is 116 Å². The minimum atomic E-state index is -3.35. The van der Waals surface area contributed by atoms with Gasteiger partial charge in [-0.3, -0.25) is 14.6 Å². The SMILES string of the molecule is CC(C)N(CC(C1CCCCC1)N1CCN(C(=O)[C@@H]2CC(N3C[C@@H]4C[C@H]3CO4)C[C@H]2c2ccc(F)cc2F)CC1)S(C)(=O)=O. The summed E-state index contributed by atoms with van der Waals surface area (Å²) in [5.41, 5.74) is 0.443. The molecule has 3 saturated heterocycles. The Kier molecular flexibility index (Phi) is 9.70. The Morgan fingerprint density at radius 3 is 2.34 bits per heavy atom. The summed E-state index contributed by atoms with van der Waals surface area (Å²) in [6, 6.07) is 4.32. The summed E-state index contributed by atoms with van der Waals surface area (Å²) in [6.07, 6.45) is 9.72. The summed E-state index contributed by atoms with van der Waals surface area (Å²) in [4.78, 5) is 21.1. The van der Waals surface area contributed by atoms with Gasteiger partial charge in [0.1, 0.15) is 11.6 Å². The van der Waals surface area contributed by atoms with Crippen molar-refractivity contribution in [2.24, 2.45) is 11.8 Å². The van der Waals surface area contributed by atoms with E-state index in [0.29, 0.717) is 69.7 Å². The number of nitrogens with zero attached hydrogens (tertiary/aromatic N) is 4. The number of benzene rings is 1. The maximum atomic E-state index is 15.1. The number of ether oxygens (including phenoxy) is 1. The Morgan fingerprint density at radius 2 is 1.75 bits per heavy atom. The molecule has 3 heterocycles. The van der Waals surface area contributed by atoms with Crippen molar-refractivity contribution in [1.82, 2.24) is 19.0 Å². The Bertz CT molecular complexity index is 1280. The minimum absolute atomic E-state index is 0.0654. The van der Waals surface area contributed by atoms with Crippen molar-refractivity contribution < 1.29 is 26.7 Å². The van der Waals surface area contributed by atoms with E-state index in [0.717, 1.165) is 31.9 Å². The van der Waals surface area contributed by atoms with Crippen molar-refractivity contribution in [2.75, 3.05) is 52.1 Å². The van der Waals surface area contributed by atoms with Gasteiger partial charge in [-0.2, -0.15) is 4.31 Å². The molecule has 246 valence electrons. The van der Waals surface area contributed by atoms with Crippen LogP contribution in [0.25, 0.3) is 0 Å². The number of carbonyl (C=O) groups is 1. The van der Waals surface area contributed by atoms with Gasteiger partial charge in [-0.05, 0) is 69.4 Å².